The molecule has 2 aliphatic rings. The maximum Gasteiger partial charge on any atom is 0.242 e. The molecule has 0 saturated heterocycles. The lowest BCUT2D eigenvalue weighted by atomic mass is 10.0. The topological polar surface area (TPSA) is 72.2 Å². The highest BCUT2D eigenvalue weighted by Crippen LogP contribution is 2.60. The summed E-state index contributed by atoms with van der Waals surface area (Å²) in [6.07, 6.45) is 4.83. The molecule has 3 N–H and O–H groups in total. The standard InChI is InChI=1S/C14H20N2O2S/c1-10-2-5-13(12(15)8-10)19(17,18)16-9-14(6-7-14)11-3-4-11/h2,5,8,11,16H,3-4,6-7,9,15H2,1H3. The minimum absolute atomic E-state index is 0.199. The summed E-state index contributed by atoms with van der Waals surface area (Å²) in [6, 6.07) is 5.06. The van der Waals surface area contributed by atoms with E-state index in [9.17, 15) is 8.42 Å². The van der Waals surface area contributed by atoms with Gasteiger partial charge in [-0.2, -0.15) is 0 Å². The first kappa shape index (κ1) is 12.9. The Bertz CT molecular complexity index is 602. The van der Waals surface area contributed by atoms with Gasteiger partial charge in [0, 0.05) is 6.54 Å². The number of nitrogen functional groups attached to an aromatic ring is 1. The van der Waals surface area contributed by atoms with E-state index < -0.39 is 10.0 Å². The van der Waals surface area contributed by atoms with Gasteiger partial charge in [-0.1, -0.05) is 6.07 Å². The van der Waals surface area contributed by atoms with Crippen LogP contribution in [0.5, 0.6) is 0 Å². The van der Waals surface area contributed by atoms with Gasteiger partial charge in [0.1, 0.15) is 4.90 Å². The van der Waals surface area contributed by atoms with Crippen molar-refractivity contribution in [1.82, 2.24) is 4.72 Å². The summed E-state index contributed by atoms with van der Waals surface area (Å²) in [5.74, 6) is 0.741. The minimum Gasteiger partial charge on any atom is -0.398 e. The van der Waals surface area contributed by atoms with Gasteiger partial charge < -0.3 is 5.73 Å². The maximum atomic E-state index is 12.3. The first-order chi connectivity index (χ1) is 8.93. The van der Waals surface area contributed by atoms with E-state index in [1.807, 2.05) is 6.92 Å². The summed E-state index contributed by atoms with van der Waals surface area (Å²) in [4.78, 5) is 0.199. The van der Waals surface area contributed by atoms with Gasteiger partial charge in [-0.15, -0.1) is 0 Å². The fraction of sp³-hybridized carbons (Fsp3) is 0.571. The molecule has 2 aliphatic carbocycles. The zero-order valence-corrected chi connectivity index (χ0v) is 12.0. The average Bonchev–Trinajstić information content (AvgIpc) is 3.19. The molecule has 5 heteroatoms. The lowest BCUT2D eigenvalue weighted by Crippen LogP contribution is -2.31. The molecule has 0 amide bonds. The highest BCUT2D eigenvalue weighted by Gasteiger charge is 2.53. The first-order valence-corrected chi connectivity index (χ1v) is 8.27. The summed E-state index contributed by atoms with van der Waals surface area (Å²) >= 11 is 0. The van der Waals surface area contributed by atoms with Crippen molar-refractivity contribution in [2.75, 3.05) is 12.3 Å². The summed E-state index contributed by atoms with van der Waals surface area (Å²) in [6.45, 7) is 2.46. The highest BCUT2D eigenvalue weighted by molar-refractivity contribution is 7.89. The minimum atomic E-state index is -3.48. The van der Waals surface area contributed by atoms with Gasteiger partial charge in [-0.05, 0) is 61.6 Å². The van der Waals surface area contributed by atoms with E-state index in [4.69, 9.17) is 5.73 Å². The van der Waals surface area contributed by atoms with Crippen LogP contribution in [0.2, 0.25) is 0 Å². The quantitative estimate of drug-likeness (QED) is 0.811. The third-order valence-electron chi connectivity index (χ3n) is 4.40. The lowest BCUT2D eigenvalue weighted by Gasteiger charge is -2.16. The predicted molar refractivity (Wildman–Crippen MR) is 75.2 cm³/mol. The van der Waals surface area contributed by atoms with Crippen LogP contribution in [0.1, 0.15) is 31.2 Å². The lowest BCUT2D eigenvalue weighted by molar-refractivity contribution is 0.432. The largest absolute Gasteiger partial charge is 0.398 e. The molecule has 0 aromatic heterocycles. The molecule has 0 atom stereocenters. The van der Waals surface area contributed by atoms with Gasteiger partial charge in [0.15, 0.2) is 0 Å². The average molecular weight is 280 g/mol. The number of anilines is 1. The Labute approximate surface area is 114 Å². The van der Waals surface area contributed by atoms with Gasteiger partial charge in [0.2, 0.25) is 10.0 Å². The molecule has 1 aromatic rings. The highest BCUT2D eigenvalue weighted by atomic mass is 32.2. The van der Waals surface area contributed by atoms with Crippen molar-refractivity contribution in [1.29, 1.82) is 0 Å². The van der Waals surface area contributed by atoms with Gasteiger partial charge in [0.05, 0.1) is 5.69 Å². The molecule has 0 bridgehead atoms. The van der Waals surface area contributed by atoms with Crippen LogP contribution in [0, 0.1) is 18.3 Å². The van der Waals surface area contributed by atoms with Crippen molar-refractivity contribution >= 4 is 15.7 Å². The van der Waals surface area contributed by atoms with E-state index in [0.717, 1.165) is 24.3 Å². The molecule has 0 aliphatic heterocycles. The van der Waals surface area contributed by atoms with Crippen LogP contribution < -0.4 is 10.5 Å². The first-order valence-electron chi connectivity index (χ1n) is 6.79. The molecule has 0 unspecified atom stereocenters. The van der Waals surface area contributed by atoms with Gasteiger partial charge in [0.25, 0.3) is 0 Å². The van der Waals surface area contributed by atoms with E-state index in [1.165, 1.54) is 12.8 Å². The van der Waals surface area contributed by atoms with Crippen molar-refractivity contribution in [3.05, 3.63) is 23.8 Å². The fourth-order valence-corrected chi connectivity index (χ4v) is 4.06. The molecule has 3 rings (SSSR count). The number of hydrogen-bond acceptors (Lipinski definition) is 3. The van der Waals surface area contributed by atoms with Gasteiger partial charge in [-0.3, -0.25) is 0 Å². The van der Waals surface area contributed by atoms with E-state index in [-0.39, 0.29) is 10.3 Å². The number of sulfonamides is 1. The third kappa shape index (κ3) is 2.49. The molecular weight excluding hydrogens is 260 g/mol. The fourth-order valence-electron chi connectivity index (χ4n) is 2.81. The molecule has 0 radical (unpaired) electrons. The monoisotopic (exact) mass is 280 g/mol. The Morgan fingerprint density at radius 3 is 2.58 bits per heavy atom. The maximum absolute atomic E-state index is 12.3. The Kier molecular flexibility index (Phi) is 2.87. The molecule has 19 heavy (non-hydrogen) atoms. The van der Waals surface area contributed by atoms with Crippen LogP contribution in [0.25, 0.3) is 0 Å². The zero-order chi connectivity index (χ0) is 13.7. The molecule has 104 valence electrons. The summed E-state index contributed by atoms with van der Waals surface area (Å²) in [5, 5.41) is 0. The molecule has 0 heterocycles. The normalized spacial score (nSPS) is 21.3. The van der Waals surface area contributed by atoms with Crippen molar-refractivity contribution in [3.8, 4) is 0 Å². The van der Waals surface area contributed by atoms with E-state index in [2.05, 4.69) is 4.72 Å². The van der Waals surface area contributed by atoms with Crippen molar-refractivity contribution in [2.24, 2.45) is 11.3 Å². The molecule has 0 spiro atoms. The number of aryl methyl sites for hydroxylation is 1. The summed E-state index contributed by atoms with van der Waals surface area (Å²) < 4.78 is 27.3. The Morgan fingerprint density at radius 1 is 1.37 bits per heavy atom. The predicted octanol–water partition coefficient (Wildman–Crippen LogP) is 2.05. The number of rotatable bonds is 5. The van der Waals surface area contributed by atoms with E-state index >= 15 is 0 Å². The second-order valence-corrected chi connectivity index (χ2v) is 7.74. The zero-order valence-electron chi connectivity index (χ0n) is 11.1. The van der Waals surface area contributed by atoms with Crippen molar-refractivity contribution < 1.29 is 8.42 Å². The van der Waals surface area contributed by atoms with Crippen LogP contribution in [-0.4, -0.2) is 15.0 Å². The molecule has 2 saturated carbocycles. The Hall–Kier alpha value is -1.07. The van der Waals surface area contributed by atoms with Crippen LogP contribution in [0.4, 0.5) is 5.69 Å². The van der Waals surface area contributed by atoms with Crippen LogP contribution >= 0.6 is 0 Å². The Morgan fingerprint density at radius 2 is 2.05 bits per heavy atom. The van der Waals surface area contributed by atoms with E-state index in [1.54, 1.807) is 18.2 Å². The van der Waals surface area contributed by atoms with Gasteiger partial charge >= 0.3 is 0 Å². The van der Waals surface area contributed by atoms with Crippen molar-refractivity contribution in [3.63, 3.8) is 0 Å². The number of hydrogen-bond donors (Lipinski definition) is 2. The summed E-state index contributed by atoms with van der Waals surface area (Å²) in [7, 11) is -3.48. The number of benzene rings is 1. The summed E-state index contributed by atoms with van der Waals surface area (Å²) in [5.41, 5.74) is 7.36. The van der Waals surface area contributed by atoms with Gasteiger partial charge in [-0.25, -0.2) is 13.1 Å². The molecule has 1 aromatic carbocycles. The van der Waals surface area contributed by atoms with Crippen LogP contribution in [-0.2, 0) is 10.0 Å². The Balaban J connectivity index is 1.75. The van der Waals surface area contributed by atoms with E-state index in [0.29, 0.717) is 12.2 Å². The third-order valence-corrected chi connectivity index (χ3v) is 5.88. The second-order valence-electron chi connectivity index (χ2n) is 6.00. The molecular formula is C14H20N2O2S. The van der Waals surface area contributed by atoms with Crippen LogP contribution in [0.15, 0.2) is 23.1 Å². The molecule has 4 nitrogen and oxygen atoms in total. The SMILES string of the molecule is Cc1ccc(S(=O)(=O)NCC2(C3CC3)CC2)c(N)c1. The second kappa shape index (κ2) is 4.21. The number of nitrogens with two attached hydrogens (primary N) is 1. The molecule has 2 fully saturated rings. The van der Waals surface area contributed by atoms with Crippen LogP contribution in [0.3, 0.4) is 0 Å². The number of nitrogens with one attached hydrogen (secondary N) is 1. The van der Waals surface area contributed by atoms with Crippen molar-refractivity contribution in [2.45, 2.75) is 37.5 Å². The smallest absolute Gasteiger partial charge is 0.242 e.